The fraction of sp³-hybridized carbons (Fsp3) is 0.167. The first-order valence-corrected chi connectivity index (χ1v) is 7.76. The number of nitro groups is 1. The van der Waals surface area contributed by atoms with Crippen LogP contribution in [0.2, 0.25) is 9.36 Å². The molecule has 0 aliphatic rings. The Hall–Kier alpha value is -2.30. The quantitative estimate of drug-likeness (QED) is 0.455. The third-order valence-corrected chi connectivity index (χ3v) is 3.98. The molecule has 0 aliphatic heterocycles. The first-order chi connectivity index (χ1) is 11.4. The third-order valence-electron chi connectivity index (χ3n) is 2.68. The molecule has 12 heteroatoms. The molecule has 0 spiro atoms. The lowest BCUT2D eigenvalue weighted by Crippen LogP contribution is -2.30. The molecule has 9 nitrogen and oxygen atoms in total. The highest BCUT2D eigenvalue weighted by molar-refractivity contribution is 7.10. The van der Waals surface area contributed by atoms with Gasteiger partial charge in [-0.15, -0.1) is 5.10 Å². The van der Waals surface area contributed by atoms with Gasteiger partial charge in [-0.3, -0.25) is 19.7 Å². The van der Waals surface area contributed by atoms with Gasteiger partial charge in [0.1, 0.15) is 28.2 Å². The molecule has 1 amide bonds. The van der Waals surface area contributed by atoms with Gasteiger partial charge in [-0.1, -0.05) is 27.7 Å². The normalized spacial score (nSPS) is 10.2. The molecule has 0 saturated carbocycles. The Morgan fingerprint density at radius 2 is 2.12 bits per heavy atom. The van der Waals surface area contributed by atoms with Gasteiger partial charge in [0.25, 0.3) is 11.6 Å². The molecule has 24 heavy (non-hydrogen) atoms. The van der Waals surface area contributed by atoms with Crippen molar-refractivity contribution in [3.63, 3.8) is 0 Å². The van der Waals surface area contributed by atoms with Crippen molar-refractivity contribution in [1.82, 2.24) is 14.9 Å². The Morgan fingerprint density at radius 1 is 1.38 bits per heavy atom. The average molecular weight is 391 g/mol. The van der Waals surface area contributed by atoms with Crippen molar-refractivity contribution in [2.75, 3.05) is 6.54 Å². The van der Waals surface area contributed by atoms with Crippen molar-refractivity contribution in [2.24, 2.45) is 0 Å². The lowest BCUT2D eigenvalue weighted by Gasteiger charge is -2.06. The predicted molar refractivity (Wildman–Crippen MR) is 85.2 cm³/mol. The van der Waals surface area contributed by atoms with Crippen LogP contribution in [0.15, 0.2) is 18.2 Å². The van der Waals surface area contributed by atoms with Crippen molar-refractivity contribution in [3.8, 4) is 0 Å². The Balaban J connectivity index is 1.88. The summed E-state index contributed by atoms with van der Waals surface area (Å²) in [7, 11) is 0. The van der Waals surface area contributed by atoms with Crippen LogP contribution in [-0.4, -0.2) is 32.9 Å². The Morgan fingerprint density at radius 3 is 2.75 bits per heavy atom. The Labute approximate surface area is 148 Å². The number of carbonyl (C=O) groups excluding carboxylic acids is 2. The lowest BCUT2D eigenvalue weighted by atomic mass is 10.2. The second-order valence-electron chi connectivity index (χ2n) is 4.26. The zero-order chi connectivity index (χ0) is 17.7. The number of nitro benzene ring substituents is 1. The first kappa shape index (κ1) is 18.0. The highest BCUT2D eigenvalue weighted by Gasteiger charge is 2.17. The van der Waals surface area contributed by atoms with Crippen molar-refractivity contribution in [2.45, 2.75) is 6.61 Å². The molecule has 0 radical (unpaired) electrons. The van der Waals surface area contributed by atoms with Crippen LogP contribution in [0.1, 0.15) is 16.1 Å². The van der Waals surface area contributed by atoms with Crippen LogP contribution < -0.4 is 5.32 Å². The molecule has 0 fully saturated rings. The molecule has 1 N–H and O–H groups in total. The fourth-order valence-corrected chi connectivity index (χ4v) is 2.32. The molecule has 0 bridgehead atoms. The van der Waals surface area contributed by atoms with Crippen molar-refractivity contribution >= 4 is 52.3 Å². The largest absolute Gasteiger partial charge is 0.458 e. The van der Waals surface area contributed by atoms with Crippen LogP contribution in [0.5, 0.6) is 0 Å². The van der Waals surface area contributed by atoms with E-state index >= 15 is 0 Å². The number of ether oxygens (including phenoxy) is 1. The van der Waals surface area contributed by atoms with E-state index in [2.05, 4.69) is 14.9 Å². The van der Waals surface area contributed by atoms with E-state index in [1.165, 1.54) is 12.1 Å². The summed E-state index contributed by atoms with van der Waals surface area (Å²) < 4.78 is 8.75. The third kappa shape index (κ3) is 4.60. The van der Waals surface area contributed by atoms with Gasteiger partial charge in [-0.25, -0.2) is 0 Å². The molecule has 0 atom stereocenters. The molecule has 2 rings (SSSR count). The van der Waals surface area contributed by atoms with E-state index in [1.807, 2.05) is 0 Å². The summed E-state index contributed by atoms with van der Waals surface area (Å²) in [5.41, 5.74) is -0.0992. The summed E-state index contributed by atoms with van der Waals surface area (Å²) in [6, 6.07) is 3.55. The summed E-state index contributed by atoms with van der Waals surface area (Å²) in [5.74, 6) is -1.41. The highest BCUT2D eigenvalue weighted by Crippen LogP contribution is 2.25. The molecule has 0 unspecified atom stereocenters. The number of hydrogen-bond acceptors (Lipinski definition) is 8. The monoisotopic (exact) mass is 390 g/mol. The summed E-state index contributed by atoms with van der Waals surface area (Å²) >= 11 is 12.4. The zero-order valence-electron chi connectivity index (χ0n) is 11.7. The summed E-state index contributed by atoms with van der Waals surface area (Å²) in [4.78, 5) is 33.5. The van der Waals surface area contributed by atoms with Crippen molar-refractivity contribution in [1.29, 1.82) is 0 Å². The minimum absolute atomic E-state index is 0.00866. The molecule has 0 aliphatic carbocycles. The summed E-state index contributed by atoms with van der Waals surface area (Å²) in [6.45, 7) is -0.596. The number of benzene rings is 1. The number of carbonyl (C=O) groups is 2. The van der Waals surface area contributed by atoms with Crippen LogP contribution in [-0.2, 0) is 16.1 Å². The average Bonchev–Trinajstić information content (AvgIpc) is 2.96. The summed E-state index contributed by atoms with van der Waals surface area (Å²) in [6.07, 6.45) is 0. The van der Waals surface area contributed by atoms with Crippen LogP contribution in [0, 0.1) is 10.1 Å². The number of aromatic nitrogens is 2. The number of nitrogens with zero attached hydrogens (tertiary/aromatic N) is 3. The van der Waals surface area contributed by atoms with E-state index in [0.717, 1.165) is 17.6 Å². The standard InChI is InChI=1S/C12H8Cl2N4O5S/c13-7-2-1-6(3-9(7)18(21)22)12(20)15-4-10(19)23-5-8-11(14)24-17-16-8/h1-3H,4-5H2,(H,15,20). The van der Waals surface area contributed by atoms with Gasteiger partial charge in [-0.2, -0.15) is 0 Å². The number of rotatable bonds is 6. The maximum absolute atomic E-state index is 11.9. The maximum atomic E-state index is 11.9. The number of nitrogens with one attached hydrogen (secondary N) is 1. The molecule has 1 aromatic heterocycles. The van der Waals surface area contributed by atoms with Gasteiger partial charge >= 0.3 is 5.97 Å². The maximum Gasteiger partial charge on any atom is 0.325 e. The fourth-order valence-electron chi connectivity index (χ4n) is 1.53. The minimum atomic E-state index is -0.726. The van der Waals surface area contributed by atoms with E-state index in [4.69, 9.17) is 27.9 Å². The number of esters is 1. The van der Waals surface area contributed by atoms with Crippen molar-refractivity contribution < 1.29 is 19.2 Å². The molecular weight excluding hydrogens is 383 g/mol. The van der Waals surface area contributed by atoms with Gasteiger partial charge in [-0.05, 0) is 12.1 Å². The number of hydrogen-bond donors (Lipinski definition) is 1. The van der Waals surface area contributed by atoms with Crippen LogP contribution in [0.3, 0.4) is 0 Å². The van der Waals surface area contributed by atoms with E-state index in [1.54, 1.807) is 0 Å². The molecule has 2 aromatic rings. The summed E-state index contributed by atoms with van der Waals surface area (Å²) in [5, 5.41) is 16.6. The van der Waals surface area contributed by atoms with Gasteiger partial charge in [0.15, 0.2) is 0 Å². The van der Waals surface area contributed by atoms with E-state index in [-0.39, 0.29) is 17.2 Å². The smallest absolute Gasteiger partial charge is 0.325 e. The van der Waals surface area contributed by atoms with Gasteiger partial charge in [0.2, 0.25) is 0 Å². The number of amides is 1. The Kier molecular flexibility index (Phi) is 6.01. The van der Waals surface area contributed by atoms with Gasteiger partial charge in [0.05, 0.1) is 4.92 Å². The van der Waals surface area contributed by atoms with Crippen molar-refractivity contribution in [3.05, 3.63) is 48.9 Å². The molecule has 0 saturated heterocycles. The molecule has 1 aromatic carbocycles. The Bertz CT molecular complexity index is 798. The second kappa shape index (κ2) is 7.99. The van der Waals surface area contributed by atoms with Crippen LogP contribution in [0.25, 0.3) is 0 Å². The molecule has 126 valence electrons. The van der Waals surface area contributed by atoms with E-state index in [9.17, 15) is 19.7 Å². The predicted octanol–water partition coefficient (Wildman–Crippen LogP) is 2.23. The SMILES string of the molecule is O=C(CNC(=O)c1ccc(Cl)c([N+](=O)[O-])c1)OCc1nnsc1Cl. The second-order valence-corrected chi connectivity index (χ2v) is 6.02. The minimum Gasteiger partial charge on any atom is -0.458 e. The first-order valence-electron chi connectivity index (χ1n) is 6.23. The lowest BCUT2D eigenvalue weighted by molar-refractivity contribution is -0.384. The number of halogens is 2. The molecule has 1 heterocycles. The zero-order valence-corrected chi connectivity index (χ0v) is 14.0. The van der Waals surface area contributed by atoms with Gasteiger partial charge in [0, 0.05) is 23.2 Å². The van der Waals surface area contributed by atoms with E-state index < -0.39 is 29.0 Å². The van der Waals surface area contributed by atoms with Crippen LogP contribution >= 0.6 is 34.7 Å². The topological polar surface area (TPSA) is 124 Å². The van der Waals surface area contributed by atoms with E-state index in [0.29, 0.717) is 10.0 Å². The van der Waals surface area contributed by atoms with Crippen LogP contribution in [0.4, 0.5) is 5.69 Å². The molecular formula is C12H8Cl2N4O5S. The highest BCUT2D eigenvalue weighted by atomic mass is 35.5. The van der Waals surface area contributed by atoms with Gasteiger partial charge < -0.3 is 10.1 Å².